The van der Waals surface area contributed by atoms with Gasteiger partial charge in [-0.25, -0.2) is 0 Å². The SMILES string of the molecule is C=CCC(C=C)C(C1=CC(C)=C(C(/C=C/C)c2ccccc2)CC1C)c1ccccc1.C=CCc1ccc(C(C2=C(C)C=C(C(C3=CCCC=C3)c3ccccc3)C(C)C2)c2ccccc2)cc1. The zero-order valence-corrected chi connectivity index (χ0v) is 41.5. The van der Waals surface area contributed by atoms with Crippen LogP contribution in [0.15, 0.2) is 265 Å². The van der Waals surface area contributed by atoms with Crippen LogP contribution in [0.25, 0.3) is 0 Å². The van der Waals surface area contributed by atoms with E-state index in [4.69, 9.17) is 0 Å². The lowest BCUT2D eigenvalue weighted by Crippen LogP contribution is -2.21. The quantitative estimate of drug-likeness (QED) is 0.0816. The molecule has 0 heterocycles. The number of rotatable bonds is 17. The van der Waals surface area contributed by atoms with Crippen LogP contribution in [0, 0.1) is 17.8 Å². The molecule has 0 saturated heterocycles. The first-order valence-corrected chi connectivity index (χ1v) is 25.2. The Kier molecular flexibility index (Phi) is 17.8. The average molecular weight is 891 g/mol. The monoisotopic (exact) mass is 891 g/mol. The summed E-state index contributed by atoms with van der Waals surface area (Å²) in [6.45, 7) is 23.6. The van der Waals surface area contributed by atoms with E-state index in [2.05, 4.69) is 249 Å². The summed E-state index contributed by atoms with van der Waals surface area (Å²) in [6.07, 6.45) is 29.1. The number of benzene rings is 5. The highest BCUT2D eigenvalue weighted by Gasteiger charge is 2.33. The topological polar surface area (TPSA) is 0 Å². The molecule has 7 atom stereocenters. The van der Waals surface area contributed by atoms with Crippen molar-refractivity contribution in [3.8, 4) is 0 Å². The zero-order valence-electron chi connectivity index (χ0n) is 41.5. The minimum absolute atomic E-state index is 0.267. The number of hydrogen-bond acceptors (Lipinski definition) is 0. The summed E-state index contributed by atoms with van der Waals surface area (Å²) >= 11 is 0. The van der Waals surface area contributed by atoms with Crippen molar-refractivity contribution in [2.24, 2.45) is 17.8 Å². The molecule has 346 valence electrons. The fourth-order valence-corrected chi connectivity index (χ4v) is 11.2. The maximum absolute atomic E-state index is 4.18. The summed E-state index contributed by atoms with van der Waals surface area (Å²) < 4.78 is 0. The second-order valence-electron chi connectivity index (χ2n) is 19.2. The fourth-order valence-electron chi connectivity index (χ4n) is 11.2. The molecule has 0 N–H and O–H groups in total. The molecule has 0 fully saturated rings. The van der Waals surface area contributed by atoms with Gasteiger partial charge in [0.2, 0.25) is 0 Å². The first kappa shape index (κ1) is 49.4. The Labute approximate surface area is 411 Å². The van der Waals surface area contributed by atoms with Crippen LogP contribution >= 0.6 is 0 Å². The van der Waals surface area contributed by atoms with E-state index >= 15 is 0 Å². The van der Waals surface area contributed by atoms with Crippen molar-refractivity contribution in [3.63, 3.8) is 0 Å². The summed E-state index contributed by atoms with van der Waals surface area (Å²) in [5.41, 5.74) is 18.6. The molecule has 7 unspecified atom stereocenters. The van der Waals surface area contributed by atoms with Crippen molar-refractivity contribution < 1.29 is 0 Å². The molecule has 0 bridgehead atoms. The third-order valence-corrected chi connectivity index (χ3v) is 14.6. The van der Waals surface area contributed by atoms with Gasteiger partial charge in [-0.3, -0.25) is 0 Å². The third-order valence-electron chi connectivity index (χ3n) is 14.6. The minimum Gasteiger partial charge on any atom is -0.103 e. The molecule has 68 heavy (non-hydrogen) atoms. The lowest BCUT2D eigenvalue weighted by Gasteiger charge is -2.35. The molecule has 0 spiro atoms. The molecule has 0 saturated carbocycles. The van der Waals surface area contributed by atoms with Crippen molar-refractivity contribution in [3.05, 3.63) is 298 Å². The summed E-state index contributed by atoms with van der Waals surface area (Å²) in [5, 5.41) is 0. The van der Waals surface area contributed by atoms with Gasteiger partial charge in [0, 0.05) is 23.7 Å². The van der Waals surface area contributed by atoms with Gasteiger partial charge in [-0.15, -0.1) is 19.7 Å². The van der Waals surface area contributed by atoms with E-state index in [1.54, 1.807) is 11.1 Å². The molecule has 0 radical (unpaired) electrons. The van der Waals surface area contributed by atoms with Crippen LogP contribution in [0.3, 0.4) is 0 Å². The smallest absolute Gasteiger partial charge is 0.0304 e. The van der Waals surface area contributed by atoms with Crippen LogP contribution in [-0.4, -0.2) is 0 Å². The standard InChI is InChI=1S/C37H38.C31H36/c1-4-14-29-21-23-33(24-22-29)37(32-19-12-7-13-20-32)35-26-27(2)34(25-28(35)3)36(30-15-8-5-9-16-30)31-17-10-6-11-18-31;1-6-15-25(8-3)31(27-19-13-10-14-20-27)30-22-23(4)29(21-24(30)5)28(16-7-2)26-17-11-9-12-18-26/h4-5,7-10,12-13,15-25,27,36-37H,1,6,11,14,26H2,2-3H3;6-14,16-20,22,24-25,28,31H,1,3,15,21H2,2,4-5H3/b;16-7+. The Bertz CT molecular complexity index is 2660. The molecular formula is C68H74. The van der Waals surface area contributed by atoms with E-state index in [1.807, 2.05) is 12.2 Å². The third kappa shape index (κ3) is 12.0. The lowest BCUT2D eigenvalue weighted by molar-refractivity contribution is 0.495. The second kappa shape index (κ2) is 24.5. The fraction of sp³-hybridized carbons (Fsp3) is 0.265. The zero-order chi connectivity index (χ0) is 47.8. The van der Waals surface area contributed by atoms with Crippen LogP contribution in [0.4, 0.5) is 0 Å². The largest absolute Gasteiger partial charge is 0.103 e. The Morgan fingerprint density at radius 3 is 1.62 bits per heavy atom. The molecule has 3 aliphatic carbocycles. The average Bonchev–Trinajstić information content (AvgIpc) is 3.38. The van der Waals surface area contributed by atoms with Gasteiger partial charge in [-0.2, -0.15) is 0 Å². The van der Waals surface area contributed by atoms with Crippen LogP contribution in [0.5, 0.6) is 0 Å². The first-order chi connectivity index (χ1) is 33.3. The highest BCUT2D eigenvalue weighted by atomic mass is 14.4. The Hall–Kier alpha value is -6.50. The van der Waals surface area contributed by atoms with E-state index in [-0.39, 0.29) is 5.92 Å². The van der Waals surface area contributed by atoms with Crippen LogP contribution in [0.1, 0.15) is 124 Å². The van der Waals surface area contributed by atoms with Gasteiger partial charge < -0.3 is 0 Å². The molecule has 8 rings (SSSR count). The summed E-state index contributed by atoms with van der Waals surface area (Å²) in [4.78, 5) is 0. The van der Waals surface area contributed by atoms with Crippen LogP contribution < -0.4 is 0 Å². The highest BCUT2D eigenvalue weighted by molar-refractivity contribution is 5.53. The Morgan fingerprint density at radius 2 is 1.07 bits per heavy atom. The molecule has 5 aromatic rings. The summed E-state index contributed by atoms with van der Waals surface area (Å²) in [5.74, 6) is 2.55. The van der Waals surface area contributed by atoms with Crippen molar-refractivity contribution in [1.29, 1.82) is 0 Å². The second-order valence-corrected chi connectivity index (χ2v) is 19.2. The number of hydrogen-bond donors (Lipinski definition) is 0. The van der Waals surface area contributed by atoms with Crippen LogP contribution in [0.2, 0.25) is 0 Å². The van der Waals surface area contributed by atoms with Gasteiger partial charge in [-0.1, -0.05) is 254 Å². The Balaban J connectivity index is 0.000000205. The molecular weight excluding hydrogens is 817 g/mol. The van der Waals surface area contributed by atoms with Crippen molar-refractivity contribution in [1.82, 2.24) is 0 Å². The van der Waals surface area contributed by atoms with E-state index < -0.39 is 0 Å². The van der Waals surface area contributed by atoms with Gasteiger partial charge in [0.1, 0.15) is 0 Å². The van der Waals surface area contributed by atoms with Gasteiger partial charge in [0.25, 0.3) is 0 Å². The molecule has 0 amide bonds. The van der Waals surface area contributed by atoms with E-state index in [9.17, 15) is 0 Å². The predicted octanol–water partition coefficient (Wildman–Crippen LogP) is 18.7. The molecule has 0 heteroatoms. The summed E-state index contributed by atoms with van der Waals surface area (Å²) in [6, 6.07) is 53.1. The molecule has 3 aliphatic rings. The van der Waals surface area contributed by atoms with Gasteiger partial charge in [-0.05, 0) is 116 Å². The lowest BCUT2D eigenvalue weighted by atomic mass is 9.69. The highest BCUT2D eigenvalue weighted by Crippen LogP contribution is 2.48. The van der Waals surface area contributed by atoms with E-state index in [0.717, 1.165) is 38.5 Å². The molecule has 5 aromatic carbocycles. The van der Waals surface area contributed by atoms with Crippen molar-refractivity contribution in [2.45, 2.75) is 96.8 Å². The summed E-state index contributed by atoms with van der Waals surface area (Å²) in [7, 11) is 0. The minimum atomic E-state index is 0.267. The van der Waals surface area contributed by atoms with Crippen LogP contribution in [-0.2, 0) is 6.42 Å². The molecule has 0 nitrogen and oxygen atoms in total. The molecule has 0 aliphatic heterocycles. The van der Waals surface area contributed by atoms with Crippen molar-refractivity contribution >= 4 is 0 Å². The van der Waals surface area contributed by atoms with E-state index in [0.29, 0.717) is 35.5 Å². The molecule has 0 aromatic heterocycles. The Morgan fingerprint density at radius 1 is 0.559 bits per heavy atom. The maximum Gasteiger partial charge on any atom is 0.0304 e. The normalized spacial score (nSPS) is 19.3. The van der Waals surface area contributed by atoms with Gasteiger partial charge in [0.05, 0.1) is 0 Å². The number of allylic oxidation sites excluding steroid dienone is 17. The van der Waals surface area contributed by atoms with Gasteiger partial charge >= 0.3 is 0 Å². The predicted molar refractivity (Wildman–Crippen MR) is 295 cm³/mol. The van der Waals surface area contributed by atoms with Gasteiger partial charge in [0.15, 0.2) is 0 Å². The first-order valence-electron chi connectivity index (χ1n) is 25.2. The van der Waals surface area contributed by atoms with E-state index in [1.165, 1.54) is 61.2 Å². The van der Waals surface area contributed by atoms with Crippen molar-refractivity contribution in [2.75, 3.05) is 0 Å². The maximum atomic E-state index is 4.18.